The molecule has 0 saturated heterocycles. The van der Waals surface area contributed by atoms with Crippen molar-refractivity contribution in [3.63, 3.8) is 0 Å². The van der Waals surface area contributed by atoms with E-state index in [4.69, 9.17) is 16.3 Å². The van der Waals surface area contributed by atoms with Gasteiger partial charge in [0.1, 0.15) is 12.6 Å². The minimum Gasteiger partial charge on any atom is -0.445 e. The maximum absolute atomic E-state index is 12.9. The van der Waals surface area contributed by atoms with E-state index in [1.165, 1.54) is 6.33 Å². The number of H-pyrrole nitrogens is 1. The second-order valence-electron chi connectivity index (χ2n) is 8.42. The fourth-order valence-corrected chi connectivity index (χ4v) is 4.09. The minimum absolute atomic E-state index is 0.0888. The summed E-state index contributed by atoms with van der Waals surface area (Å²) in [6.45, 7) is 4.03. The highest BCUT2D eigenvalue weighted by atomic mass is 35.5. The number of ether oxygens (including phenoxy) is 1. The average molecular weight is 519 g/mol. The summed E-state index contributed by atoms with van der Waals surface area (Å²) in [5.41, 5.74) is 7.74. The van der Waals surface area contributed by atoms with Crippen LogP contribution in [-0.4, -0.2) is 38.8 Å². The first-order valence-corrected chi connectivity index (χ1v) is 12.0. The zero-order valence-electron chi connectivity index (χ0n) is 20.4. The van der Waals surface area contributed by atoms with E-state index in [9.17, 15) is 9.59 Å². The number of amides is 2. The highest BCUT2D eigenvalue weighted by Crippen LogP contribution is 2.22. The minimum atomic E-state index is -0.931. The second kappa shape index (κ2) is 12.0. The Morgan fingerprint density at radius 2 is 1.97 bits per heavy atom. The van der Waals surface area contributed by atoms with Gasteiger partial charge in [0, 0.05) is 46.0 Å². The van der Waals surface area contributed by atoms with Crippen LogP contribution in [0.2, 0.25) is 5.02 Å². The number of nitrogens with one attached hydrogen (secondary N) is 3. The zero-order chi connectivity index (χ0) is 26.2. The van der Waals surface area contributed by atoms with Crippen LogP contribution in [0, 0.1) is 13.8 Å². The van der Waals surface area contributed by atoms with Crippen LogP contribution < -0.4 is 10.7 Å². The molecule has 0 saturated carbocycles. The Kier molecular flexibility index (Phi) is 8.37. The Labute approximate surface area is 219 Å². The van der Waals surface area contributed by atoms with Crippen LogP contribution in [0.5, 0.6) is 0 Å². The van der Waals surface area contributed by atoms with E-state index >= 15 is 0 Å². The first kappa shape index (κ1) is 25.7. The fourth-order valence-electron chi connectivity index (χ4n) is 3.91. The van der Waals surface area contributed by atoms with E-state index in [1.54, 1.807) is 12.4 Å². The van der Waals surface area contributed by atoms with Gasteiger partial charge in [-0.2, -0.15) is 5.10 Å². The molecule has 0 radical (unpaired) electrons. The molecule has 37 heavy (non-hydrogen) atoms. The fraction of sp³-hybridized carbons (Fsp3) is 0.185. The summed E-state index contributed by atoms with van der Waals surface area (Å²) in [7, 11) is 0. The monoisotopic (exact) mass is 518 g/mol. The van der Waals surface area contributed by atoms with Crippen molar-refractivity contribution in [2.45, 2.75) is 32.9 Å². The predicted molar refractivity (Wildman–Crippen MR) is 142 cm³/mol. The SMILES string of the molecule is Cc1cc(/C=N\NC(=O)[C@@H](Cc2cnc[nH]2)NC(=O)OCc2ccccc2)c(C)n1-c1cccc(Cl)c1. The largest absolute Gasteiger partial charge is 0.445 e. The van der Waals surface area contributed by atoms with Crippen LogP contribution in [0.4, 0.5) is 4.79 Å². The molecule has 0 fully saturated rings. The third kappa shape index (κ3) is 6.86. The van der Waals surface area contributed by atoms with E-state index < -0.39 is 18.0 Å². The van der Waals surface area contributed by atoms with Gasteiger partial charge in [-0.25, -0.2) is 15.2 Å². The third-order valence-electron chi connectivity index (χ3n) is 5.72. The Bertz CT molecular complexity index is 1380. The van der Waals surface area contributed by atoms with Gasteiger partial charge in [0.15, 0.2) is 0 Å². The van der Waals surface area contributed by atoms with E-state index in [2.05, 4.69) is 30.4 Å². The van der Waals surface area contributed by atoms with Crippen LogP contribution in [0.15, 0.2) is 78.3 Å². The van der Waals surface area contributed by atoms with Gasteiger partial charge < -0.3 is 19.6 Å². The molecule has 3 N–H and O–H groups in total. The van der Waals surface area contributed by atoms with E-state index in [0.29, 0.717) is 10.7 Å². The smallest absolute Gasteiger partial charge is 0.408 e. The predicted octanol–water partition coefficient (Wildman–Crippen LogP) is 4.46. The van der Waals surface area contributed by atoms with Gasteiger partial charge in [0.05, 0.1) is 12.5 Å². The summed E-state index contributed by atoms with van der Waals surface area (Å²) in [6, 6.07) is 17.9. The number of nitrogens with zero attached hydrogens (tertiary/aromatic N) is 3. The Hall–Kier alpha value is -4.37. The highest BCUT2D eigenvalue weighted by Gasteiger charge is 2.22. The number of halogens is 1. The van der Waals surface area contributed by atoms with Crippen molar-refractivity contribution in [1.29, 1.82) is 0 Å². The van der Waals surface area contributed by atoms with Gasteiger partial charge in [0.25, 0.3) is 5.91 Å². The molecule has 0 spiro atoms. The number of hydrogen-bond donors (Lipinski definition) is 3. The van der Waals surface area contributed by atoms with Crippen LogP contribution in [0.3, 0.4) is 0 Å². The van der Waals surface area contributed by atoms with Crippen molar-refractivity contribution in [2.24, 2.45) is 5.10 Å². The molecule has 0 aliphatic rings. The van der Waals surface area contributed by atoms with E-state index in [1.807, 2.05) is 74.5 Å². The Morgan fingerprint density at radius 1 is 1.16 bits per heavy atom. The van der Waals surface area contributed by atoms with E-state index in [0.717, 1.165) is 28.2 Å². The number of aromatic nitrogens is 3. The summed E-state index contributed by atoms with van der Waals surface area (Å²) < 4.78 is 7.33. The third-order valence-corrected chi connectivity index (χ3v) is 5.95. The number of aromatic amines is 1. The molecule has 4 aromatic rings. The van der Waals surface area contributed by atoms with Gasteiger partial charge in [-0.1, -0.05) is 48.0 Å². The van der Waals surface area contributed by atoms with Gasteiger partial charge in [-0.3, -0.25) is 4.79 Å². The van der Waals surface area contributed by atoms with Crippen LogP contribution in [-0.2, 0) is 22.6 Å². The molecular weight excluding hydrogens is 492 g/mol. The quantitative estimate of drug-likeness (QED) is 0.224. The van der Waals surface area contributed by atoms with Gasteiger partial charge >= 0.3 is 6.09 Å². The van der Waals surface area contributed by atoms with Crippen LogP contribution in [0.25, 0.3) is 5.69 Å². The summed E-state index contributed by atoms with van der Waals surface area (Å²) in [6.07, 6.45) is 4.14. The number of hydrogen-bond acceptors (Lipinski definition) is 5. The first-order chi connectivity index (χ1) is 17.9. The van der Waals surface area contributed by atoms with Crippen molar-refractivity contribution in [2.75, 3.05) is 0 Å². The number of rotatable bonds is 9. The molecule has 0 unspecified atom stereocenters. The number of alkyl carbamates (subject to hydrolysis) is 1. The lowest BCUT2D eigenvalue weighted by molar-refractivity contribution is -0.123. The summed E-state index contributed by atoms with van der Waals surface area (Å²) >= 11 is 6.16. The van der Waals surface area contributed by atoms with Crippen molar-refractivity contribution in [3.05, 3.63) is 106 Å². The lowest BCUT2D eigenvalue weighted by Crippen LogP contribution is -2.47. The highest BCUT2D eigenvalue weighted by molar-refractivity contribution is 6.30. The second-order valence-corrected chi connectivity index (χ2v) is 8.85. The number of imidazole rings is 1. The van der Waals surface area contributed by atoms with Crippen molar-refractivity contribution in [1.82, 2.24) is 25.3 Å². The Morgan fingerprint density at radius 3 is 2.70 bits per heavy atom. The van der Waals surface area contributed by atoms with Gasteiger partial charge in [0.2, 0.25) is 0 Å². The van der Waals surface area contributed by atoms with Crippen LogP contribution >= 0.6 is 11.6 Å². The topological polar surface area (TPSA) is 113 Å². The average Bonchev–Trinajstić information content (AvgIpc) is 3.50. The zero-order valence-corrected chi connectivity index (χ0v) is 21.2. The molecule has 10 heteroatoms. The molecular formula is C27H27ClN6O3. The van der Waals surface area contributed by atoms with Crippen molar-refractivity contribution in [3.8, 4) is 5.69 Å². The maximum atomic E-state index is 12.9. The maximum Gasteiger partial charge on any atom is 0.408 e. The number of hydrazone groups is 1. The Balaban J connectivity index is 1.42. The molecule has 4 rings (SSSR count). The van der Waals surface area contributed by atoms with E-state index in [-0.39, 0.29) is 13.0 Å². The molecule has 2 heterocycles. The number of benzene rings is 2. The normalized spacial score (nSPS) is 11.9. The molecule has 2 aromatic heterocycles. The van der Waals surface area contributed by atoms with Crippen molar-refractivity contribution < 1.29 is 14.3 Å². The lowest BCUT2D eigenvalue weighted by Gasteiger charge is -2.16. The molecule has 1 atom stereocenters. The standard InChI is InChI=1S/C27H27ClN6O3/c1-18-11-21(19(2)34(18)24-10-6-9-22(28)12-24)14-31-33-26(35)25(13-23-15-29-17-30-23)32-27(36)37-16-20-7-4-3-5-8-20/h3-12,14-15,17,25H,13,16H2,1-2H3,(H,29,30)(H,32,36)(H,33,35)/b31-14-/t25-/m1/s1. The number of aryl methyl sites for hydroxylation is 1. The molecule has 2 amide bonds. The number of carbonyl (C=O) groups excluding carboxylic acids is 2. The first-order valence-electron chi connectivity index (χ1n) is 11.6. The lowest BCUT2D eigenvalue weighted by atomic mass is 10.1. The number of carbonyl (C=O) groups is 2. The molecule has 0 bridgehead atoms. The summed E-state index contributed by atoms with van der Waals surface area (Å²) in [5, 5.41) is 7.40. The van der Waals surface area contributed by atoms with Crippen molar-refractivity contribution >= 4 is 29.8 Å². The summed E-state index contributed by atoms with van der Waals surface area (Å²) in [4.78, 5) is 32.3. The van der Waals surface area contributed by atoms with Gasteiger partial charge in [-0.15, -0.1) is 0 Å². The summed E-state index contributed by atoms with van der Waals surface area (Å²) in [5.74, 6) is -0.494. The molecule has 2 aromatic carbocycles. The van der Waals surface area contributed by atoms with Gasteiger partial charge in [-0.05, 0) is 43.7 Å². The van der Waals surface area contributed by atoms with Crippen LogP contribution in [0.1, 0.15) is 28.2 Å². The molecule has 0 aliphatic heterocycles. The molecule has 9 nitrogen and oxygen atoms in total. The molecule has 0 aliphatic carbocycles. The molecule has 190 valence electrons.